The maximum absolute atomic E-state index is 5.74. The van der Waals surface area contributed by atoms with E-state index in [0.29, 0.717) is 5.92 Å². The molecule has 2 fully saturated rings. The molecular weight excluding hydrogens is 100 g/mol. The van der Waals surface area contributed by atoms with Crippen molar-refractivity contribution >= 4 is 0 Å². The van der Waals surface area contributed by atoms with Gasteiger partial charge in [-0.2, -0.15) is 0 Å². The molecule has 2 saturated carbocycles. The summed E-state index contributed by atoms with van der Waals surface area (Å²) in [6.45, 7) is 0. The molecule has 2 rings (SSSR count). The zero-order chi connectivity index (χ0) is 5.78. The van der Waals surface area contributed by atoms with E-state index in [1.807, 2.05) is 0 Å². The van der Waals surface area contributed by atoms with Crippen LogP contribution in [0.5, 0.6) is 0 Å². The van der Waals surface area contributed by atoms with E-state index in [-0.39, 0.29) is 5.66 Å². The van der Waals surface area contributed by atoms with Crippen molar-refractivity contribution in [3.8, 4) is 0 Å². The Kier molecular flexibility index (Phi) is 0.649. The van der Waals surface area contributed by atoms with Gasteiger partial charge in [0, 0.05) is 0 Å². The van der Waals surface area contributed by atoms with E-state index in [1.54, 1.807) is 0 Å². The van der Waals surface area contributed by atoms with Gasteiger partial charge < -0.3 is 11.5 Å². The molecule has 0 radical (unpaired) electrons. The summed E-state index contributed by atoms with van der Waals surface area (Å²) >= 11 is 0. The van der Waals surface area contributed by atoms with E-state index in [9.17, 15) is 0 Å². The predicted molar refractivity (Wildman–Crippen MR) is 31.9 cm³/mol. The van der Waals surface area contributed by atoms with E-state index in [4.69, 9.17) is 11.5 Å². The Morgan fingerprint density at radius 1 is 1.38 bits per heavy atom. The Labute approximate surface area is 49.2 Å². The molecule has 2 atom stereocenters. The summed E-state index contributed by atoms with van der Waals surface area (Å²) in [5, 5.41) is 0. The van der Waals surface area contributed by atoms with Crippen LogP contribution in [0, 0.1) is 11.8 Å². The SMILES string of the molecule is NC1(N)CCC2CC21. The molecule has 0 saturated heterocycles. The maximum atomic E-state index is 5.74. The zero-order valence-corrected chi connectivity index (χ0v) is 4.93. The van der Waals surface area contributed by atoms with E-state index in [2.05, 4.69) is 0 Å². The van der Waals surface area contributed by atoms with Crippen molar-refractivity contribution in [2.45, 2.75) is 24.9 Å². The van der Waals surface area contributed by atoms with Gasteiger partial charge in [-0.15, -0.1) is 0 Å². The predicted octanol–water partition coefficient (Wildman–Crippen LogP) is 0.0300. The average Bonchev–Trinajstić information content (AvgIpc) is 2.34. The van der Waals surface area contributed by atoms with Crippen molar-refractivity contribution < 1.29 is 0 Å². The molecule has 2 unspecified atom stereocenters. The van der Waals surface area contributed by atoms with Crippen molar-refractivity contribution in [1.29, 1.82) is 0 Å². The maximum Gasteiger partial charge on any atom is 0.0668 e. The third kappa shape index (κ3) is 0.446. The summed E-state index contributed by atoms with van der Waals surface area (Å²) < 4.78 is 0. The third-order valence-corrected chi connectivity index (χ3v) is 2.56. The van der Waals surface area contributed by atoms with Gasteiger partial charge in [-0.1, -0.05) is 0 Å². The molecule has 0 bridgehead atoms. The van der Waals surface area contributed by atoms with E-state index >= 15 is 0 Å². The second-order valence-electron chi connectivity index (χ2n) is 3.25. The zero-order valence-electron chi connectivity index (χ0n) is 4.93. The quantitative estimate of drug-likeness (QED) is 0.434. The standard InChI is InChI=1S/C6H12N2/c7-6(8)2-1-4-3-5(4)6/h4-5H,1-3,7-8H2. The molecule has 0 aliphatic heterocycles. The van der Waals surface area contributed by atoms with E-state index < -0.39 is 0 Å². The fourth-order valence-electron chi connectivity index (χ4n) is 1.85. The highest BCUT2D eigenvalue weighted by atomic mass is 15.0. The minimum Gasteiger partial charge on any atom is -0.313 e. The largest absolute Gasteiger partial charge is 0.313 e. The fourth-order valence-corrected chi connectivity index (χ4v) is 1.85. The molecule has 0 spiro atoms. The van der Waals surface area contributed by atoms with Gasteiger partial charge in [-0.05, 0) is 31.1 Å². The van der Waals surface area contributed by atoms with Crippen molar-refractivity contribution in [3.63, 3.8) is 0 Å². The van der Waals surface area contributed by atoms with Crippen molar-refractivity contribution in [1.82, 2.24) is 0 Å². The molecule has 2 nitrogen and oxygen atoms in total. The molecule has 46 valence electrons. The highest BCUT2D eigenvalue weighted by Crippen LogP contribution is 2.54. The summed E-state index contributed by atoms with van der Waals surface area (Å²) in [6, 6.07) is 0. The van der Waals surface area contributed by atoms with Crippen LogP contribution in [0.25, 0.3) is 0 Å². The van der Waals surface area contributed by atoms with E-state index in [1.165, 1.54) is 12.8 Å². The summed E-state index contributed by atoms with van der Waals surface area (Å²) in [5.41, 5.74) is 11.2. The summed E-state index contributed by atoms with van der Waals surface area (Å²) in [7, 11) is 0. The lowest BCUT2D eigenvalue weighted by Crippen LogP contribution is -2.49. The van der Waals surface area contributed by atoms with E-state index in [0.717, 1.165) is 12.3 Å². The second-order valence-corrected chi connectivity index (χ2v) is 3.25. The first-order valence-electron chi connectivity index (χ1n) is 3.28. The van der Waals surface area contributed by atoms with Crippen molar-refractivity contribution in [3.05, 3.63) is 0 Å². The number of rotatable bonds is 0. The molecule has 0 heterocycles. The molecule has 4 N–H and O–H groups in total. The molecule has 0 aromatic carbocycles. The summed E-state index contributed by atoms with van der Waals surface area (Å²) in [4.78, 5) is 0. The molecule has 0 aromatic heterocycles. The number of hydrogen-bond acceptors (Lipinski definition) is 2. The summed E-state index contributed by atoms with van der Waals surface area (Å²) in [5.74, 6) is 1.59. The van der Waals surface area contributed by atoms with Crippen LogP contribution in [0.1, 0.15) is 19.3 Å². The van der Waals surface area contributed by atoms with Crippen LogP contribution in [0.2, 0.25) is 0 Å². The molecule has 2 aliphatic carbocycles. The Morgan fingerprint density at radius 2 is 2.12 bits per heavy atom. The van der Waals surface area contributed by atoms with Crippen LogP contribution in [0.15, 0.2) is 0 Å². The Bertz CT molecular complexity index is 120. The Morgan fingerprint density at radius 3 is 2.25 bits per heavy atom. The van der Waals surface area contributed by atoms with Gasteiger partial charge in [0.15, 0.2) is 0 Å². The van der Waals surface area contributed by atoms with Crippen LogP contribution in [-0.4, -0.2) is 5.66 Å². The first-order valence-corrected chi connectivity index (χ1v) is 3.28. The lowest BCUT2D eigenvalue weighted by Gasteiger charge is -2.18. The van der Waals surface area contributed by atoms with Gasteiger partial charge in [0.25, 0.3) is 0 Å². The van der Waals surface area contributed by atoms with Crippen LogP contribution in [0.4, 0.5) is 0 Å². The monoisotopic (exact) mass is 112 g/mol. The van der Waals surface area contributed by atoms with Gasteiger partial charge in [0.1, 0.15) is 0 Å². The summed E-state index contributed by atoms with van der Waals surface area (Å²) in [6.07, 6.45) is 3.62. The molecule has 0 aromatic rings. The average molecular weight is 112 g/mol. The smallest absolute Gasteiger partial charge is 0.0668 e. The van der Waals surface area contributed by atoms with Crippen molar-refractivity contribution in [2.24, 2.45) is 23.3 Å². The highest BCUT2D eigenvalue weighted by molar-refractivity contribution is 5.06. The molecule has 0 amide bonds. The first-order chi connectivity index (χ1) is 3.70. The van der Waals surface area contributed by atoms with Crippen LogP contribution in [0.3, 0.4) is 0 Å². The topological polar surface area (TPSA) is 52.0 Å². The Hall–Kier alpha value is -0.0800. The number of hydrogen-bond donors (Lipinski definition) is 2. The van der Waals surface area contributed by atoms with Crippen LogP contribution < -0.4 is 11.5 Å². The van der Waals surface area contributed by atoms with Gasteiger partial charge in [-0.25, -0.2) is 0 Å². The fraction of sp³-hybridized carbons (Fsp3) is 1.00. The second kappa shape index (κ2) is 1.09. The van der Waals surface area contributed by atoms with Crippen LogP contribution in [-0.2, 0) is 0 Å². The first kappa shape index (κ1) is 4.77. The van der Waals surface area contributed by atoms with Crippen molar-refractivity contribution in [2.75, 3.05) is 0 Å². The number of nitrogens with two attached hydrogens (primary N) is 2. The molecule has 2 aliphatic rings. The number of fused-ring (bicyclic) bond motifs is 1. The molecular formula is C6H12N2. The van der Waals surface area contributed by atoms with Gasteiger partial charge in [-0.3, -0.25) is 0 Å². The van der Waals surface area contributed by atoms with Gasteiger partial charge >= 0.3 is 0 Å². The normalized spacial score (nSPS) is 48.8. The lowest BCUT2D eigenvalue weighted by molar-refractivity contribution is 0.400. The lowest BCUT2D eigenvalue weighted by atomic mass is 10.1. The minimum absolute atomic E-state index is 0.273. The molecule has 2 heteroatoms. The van der Waals surface area contributed by atoms with Crippen LogP contribution >= 0.6 is 0 Å². The van der Waals surface area contributed by atoms with Gasteiger partial charge in [0.05, 0.1) is 5.66 Å². The highest BCUT2D eigenvalue weighted by Gasteiger charge is 2.53. The Balaban J connectivity index is 2.17. The molecule has 8 heavy (non-hydrogen) atoms. The third-order valence-electron chi connectivity index (χ3n) is 2.56. The van der Waals surface area contributed by atoms with Gasteiger partial charge in [0.2, 0.25) is 0 Å². The minimum atomic E-state index is -0.273.